The van der Waals surface area contributed by atoms with Gasteiger partial charge in [-0.1, -0.05) is 12.1 Å². The Balaban J connectivity index is 1.65. The van der Waals surface area contributed by atoms with Crippen LogP contribution in [0.4, 0.5) is 4.79 Å². The van der Waals surface area contributed by atoms with E-state index in [0.29, 0.717) is 19.7 Å². The van der Waals surface area contributed by atoms with E-state index in [-0.39, 0.29) is 30.8 Å². The second kappa shape index (κ2) is 7.55. The predicted molar refractivity (Wildman–Crippen MR) is 90.9 cm³/mol. The van der Waals surface area contributed by atoms with E-state index in [2.05, 4.69) is 5.32 Å². The van der Waals surface area contributed by atoms with E-state index in [0.717, 1.165) is 29.1 Å². The second-order valence-corrected chi connectivity index (χ2v) is 6.29. The number of nitrogens with zero attached hydrogens (tertiary/aromatic N) is 2. The molecule has 25 heavy (non-hydrogen) atoms. The molecule has 7 nitrogen and oxygen atoms in total. The van der Waals surface area contributed by atoms with Gasteiger partial charge in [-0.05, 0) is 37.5 Å². The van der Waals surface area contributed by atoms with Crippen LogP contribution in [0.5, 0.6) is 5.75 Å². The van der Waals surface area contributed by atoms with Crippen LogP contribution >= 0.6 is 0 Å². The minimum atomic E-state index is -0.485. The van der Waals surface area contributed by atoms with Crippen LogP contribution in [0.25, 0.3) is 0 Å². The predicted octanol–water partition coefficient (Wildman–Crippen LogP) is 1.52. The fraction of sp³-hybridized carbons (Fsp3) is 0.500. The van der Waals surface area contributed by atoms with E-state index in [1.807, 2.05) is 31.2 Å². The van der Waals surface area contributed by atoms with Gasteiger partial charge in [-0.25, -0.2) is 4.79 Å². The van der Waals surface area contributed by atoms with Gasteiger partial charge in [0, 0.05) is 25.6 Å². The standard InChI is InChI=1S/C18H23N3O4/c1-2-25-15-7-3-13(4-8-15)11-20(14-5-6-14)17(23)12-21-16(22)9-10-19-18(21)24/h3-4,7-8,14H,2,5-6,9-12H2,1H3,(H,19,24). The summed E-state index contributed by atoms with van der Waals surface area (Å²) in [6.45, 7) is 3.15. The molecular weight excluding hydrogens is 322 g/mol. The Morgan fingerprint density at radius 1 is 1.28 bits per heavy atom. The Labute approximate surface area is 146 Å². The number of hydrogen-bond acceptors (Lipinski definition) is 4. The van der Waals surface area contributed by atoms with Crippen molar-refractivity contribution >= 4 is 17.8 Å². The van der Waals surface area contributed by atoms with Crippen LogP contribution in [0.3, 0.4) is 0 Å². The van der Waals surface area contributed by atoms with Crippen molar-refractivity contribution in [3.8, 4) is 5.75 Å². The van der Waals surface area contributed by atoms with Crippen molar-refractivity contribution in [2.45, 2.75) is 38.8 Å². The number of urea groups is 1. The summed E-state index contributed by atoms with van der Waals surface area (Å²) in [6.07, 6.45) is 2.16. The zero-order chi connectivity index (χ0) is 17.8. The maximum absolute atomic E-state index is 12.7. The first-order valence-electron chi connectivity index (χ1n) is 8.68. The summed E-state index contributed by atoms with van der Waals surface area (Å²) in [5.74, 6) is 0.307. The number of carbonyl (C=O) groups excluding carboxylic acids is 3. The van der Waals surface area contributed by atoms with Gasteiger partial charge in [-0.3, -0.25) is 14.5 Å². The summed E-state index contributed by atoms with van der Waals surface area (Å²) in [4.78, 5) is 39.2. The molecule has 0 radical (unpaired) electrons. The Morgan fingerprint density at radius 3 is 2.60 bits per heavy atom. The monoisotopic (exact) mass is 345 g/mol. The maximum atomic E-state index is 12.7. The average molecular weight is 345 g/mol. The van der Waals surface area contributed by atoms with Crippen molar-refractivity contribution in [3.05, 3.63) is 29.8 Å². The number of rotatable bonds is 7. The summed E-state index contributed by atoms with van der Waals surface area (Å²) in [5, 5.41) is 2.60. The van der Waals surface area contributed by atoms with Gasteiger partial charge in [-0.15, -0.1) is 0 Å². The first-order valence-corrected chi connectivity index (χ1v) is 8.68. The molecule has 1 N–H and O–H groups in total. The zero-order valence-corrected chi connectivity index (χ0v) is 14.4. The van der Waals surface area contributed by atoms with E-state index in [1.54, 1.807) is 4.90 Å². The van der Waals surface area contributed by atoms with Crippen molar-refractivity contribution < 1.29 is 19.1 Å². The minimum Gasteiger partial charge on any atom is -0.494 e. The second-order valence-electron chi connectivity index (χ2n) is 6.29. The molecule has 134 valence electrons. The molecule has 0 atom stereocenters. The average Bonchev–Trinajstić information content (AvgIpc) is 3.42. The summed E-state index contributed by atoms with van der Waals surface area (Å²) in [6, 6.07) is 7.36. The summed E-state index contributed by atoms with van der Waals surface area (Å²) < 4.78 is 5.43. The van der Waals surface area contributed by atoms with E-state index in [9.17, 15) is 14.4 Å². The van der Waals surface area contributed by atoms with E-state index in [1.165, 1.54) is 0 Å². The van der Waals surface area contributed by atoms with Crippen molar-refractivity contribution in [2.75, 3.05) is 19.7 Å². The molecule has 1 aromatic carbocycles. The zero-order valence-electron chi connectivity index (χ0n) is 14.4. The number of carbonyl (C=O) groups is 3. The van der Waals surface area contributed by atoms with Crippen LogP contribution in [0.15, 0.2) is 24.3 Å². The molecule has 7 heteroatoms. The van der Waals surface area contributed by atoms with Crippen LogP contribution in [0.2, 0.25) is 0 Å². The molecule has 0 aromatic heterocycles. The third-order valence-electron chi connectivity index (χ3n) is 4.35. The molecule has 1 saturated heterocycles. The molecule has 1 aliphatic carbocycles. The summed E-state index contributed by atoms with van der Waals surface area (Å²) in [7, 11) is 0. The lowest BCUT2D eigenvalue weighted by Crippen LogP contribution is -2.53. The van der Waals surface area contributed by atoms with Gasteiger partial charge in [-0.2, -0.15) is 0 Å². The minimum absolute atomic E-state index is 0.193. The SMILES string of the molecule is CCOc1ccc(CN(C(=O)CN2C(=O)CCNC2=O)C2CC2)cc1. The maximum Gasteiger partial charge on any atom is 0.324 e. The molecule has 1 saturated carbocycles. The van der Waals surface area contributed by atoms with Crippen molar-refractivity contribution in [1.82, 2.24) is 15.1 Å². The van der Waals surface area contributed by atoms with Crippen molar-refractivity contribution in [2.24, 2.45) is 0 Å². The molecule has 0 bridgehead atoms. The third-order valence-corrected chi connectivity index (χ3v) is 4.35. The normalized spacial score (nSPS) is 17.2. The van der Waals surface area contributed by atoms with Gasteiger partial charge in [0.1, 0.15) is 12.3 Å². The van der Waals surface area contributed by atoms with Gasteiger partial charge in [0.25, 0.3) is 0 Å². The molecule has 1 aliphatic heterocycles. The molecule has 3 rings (SSSR count). The lowest BCUT2D eigenvalue weighted by Gasteiger charge is -2.29. The smallest absolute Gasteiger partial charge is 0.324 e. The van der Waals surface area contributed by atoms with Crippen LogP contribution in [0, 0.1) is 0 Å². The summed E-state index contributed by atoms with van der Waals surface area (Å²) >= 11 is 0. The number of amides is 4. The van der Waals surface area contributed by atoms with Gasteiger partial charge in [0.15, 0.2) is 0 Å². The van der Waals surface area contributed by atoms with Crippen LogP contribution in [0.1, 0.15) is 31.7 Å². The van der Waals surface area contributed by atoms with Gasteiger partial charge in [0.2, 0.25) is 11.8 Å². The number of hydrogen-bond donors (Lipinski definition) is 1. The first kappa shape index (κ1) is 17.3. The quantitative estimate of drug-likeness (QED) is 0.813. The number of benzene rings is 1. The molecular formula is C18H23N3O4. The van der Waals surface area contributed by atoms with Gasteiger partial charge >= 0.3 is 6.03 Å². The highest BCUT2D eigenvalue weighted by molar-refractivity contribution is 6.00. The molecule has 2 aliphatic rings. The highest BCUT2D eigenvalue weighted by Gasteiger charge is 2.35. The summed E-state index contributed by atoms with van der Waals surface area (Å²) in [5.41, 5.74) is 0.998. The molecule has 1 aromatic rings. The molecule has 2 fully saturated rings. The molecule has 1 heterocycles. The number of nitrogens with one attached hydrogen (secondary N) is 1. The highest BCUT2D eigenvalue weighted by Crippen LogP contribution is 2.29. The number of imide groups is 1. The third kappa shape index (κ3) is 4.29. The Bertz CT molecular complexity index is 639. The van der Waals surface area contributed by atoms with E-state index < -0.39 is 6.03 Å². The Hall–Kier alpha value is -2.57. The van der Waals surface area contributed by atoms with Gasteiger partial charge in [0.05, 0.1) is 6.61 Å². The van der Waals surface area contributed by atoms with E-state index >= 15 is 0 Å². The topological polar surface area (TPSA) is 79.0 Å². The van der Waals surface area contributed by atoms with E-state index in [4.69, 9.17) is 4.74 Å². The van der Waals surface area contributed by atoms with Crippen molar-refractivity contribution in [1.29, 1.82) is 0 Å². The Morgan fingerprint density at radius 2 is 2.00 bits per heavy atom. The lowest BCUT2D eigenvalue weighted by molar-refractivity contribution is -0.139. The van der Waals surface area contributed by atoms with Crippen LogP contribution < -0.4 is 10.1 Å². The largest absolute Gasteiger partial charge is 0.494 e. The molecule has 0 spiro atoms. The van der Waals surface area contributed by atoms with Gasteiger partial charge < -0.3 is 15.0 Å². The lowest BCUT2D eigenvalue weighted by atomic mass is 10.2. The number of ether oxygens (including phenoxy) is 1. The van der Waals surface area contributed by atoms with Crippen molar-refractivity contribution in [3.63, 3.8) is 0 Å². The Kier molecular flexibility index (Phi) is 5.21. The fourth-order valence-electron chi connectivity index (χ4n) is 2.87. The van der Waals surface area contributed by atoms with Crippen LogP contribution in [-0.4, -0.2) is 53.4 Å². The molecule has 0 unspecified atom stereocenters. The first-order chi connectivity index (χ1) is 12.1. The highest BCUT2D eigenvalue weighted by atomic mass is 16.5. The molecule has 4 amide bonds. The fourth-order valence-corrected chi connectivity index (χ4v) is 2.87. The van der Waals surface area contributed by atoms with Crippen LogP contribution in [-0.2, 0) is 16.1 Å².